The van der Waals surface area contributed by atoms with Gasteiger partial charge in [-0.15, -0.1) is 0 Å². The molecule has 4 N–H and O–H groups in total. The first-order valence-electron chi connectivity index (χ1n) is 4.95. The predicted molar refractivity (Wildman–Crippen MR) is 52.9 cm³/mol. The van der Waals surface area contributed by atoms with E-state index in [0.29, 0.717) is 0 Å². The Bertz CT molecular complexity index is 466. The Labute approximate surface area is 107 Å². The number of halogens is 7. The van der Waals surface area contributed by atoms with E-state index in [0.717, 1.165) is 0 Å². The first-order valence-corrected chi connectivity index (χ1v) is 4.95. The highest BCUT2D eigenvalue weighted by Crippen LogP contribution is 2.48. The summed E-state index contributed by atoms with van der Waals surface area (Å²) < 4.78 is 86.8. The lowest BCUT2D eigenvalue weighted by Crippen LogP contribution is -2.52. The molecule has 114 valence electrons. The summed E-state index contributed by atoms with van der Waals surface area (Å²) in [6.45, 7) is 0. The predicted octanol–water partition coefficient (Wildman–Crippen LogP) is 1.80. The zero-order valence-electron chi connectivity index (χ0n) is 9.56. The molecule has 0 spiro atoms. The molecule has 0 bridgehead atoms. The quantitative estimate of drug-likeness (QED) is 0.828. The zero-order valence-corrected chi connectivity index (χ0v) is 9.56. The third-order valence-corrected chi connectivity index (χ3v) is 2.19. The second-order valence-corrected chi connectivity index (χ2v) is 3.74. The van der Waals surface area contributed by atoms with Crippen LogP contribution in [0.3, 0.4) is 0 Å². The van der Waals surface area contributed by atoms with Crippen LogP contribution in [-0.2, 0) is 6.42 Å². The summed E-state index contributed by atoms with van der Waals surface area (Å²) in [5, 5.41) is 0. The molecule has 1 rings (SSSR count). The zero-order chi connectivity index (χ0) is 15.8. The summed E-state index contributed by atoms with van der Waals surface area (Å²) in [5.41, 5.74) is 10.2. The van der Waals surface area contributed by atoms with Crippen LogP contribution in [0.1, 0.15) is 12.2 Å². The molecular formula is C8H8F7N5. The van der Waals surface area contributed by atoms with Gasteiger partial charge in [-0.05, 0) is 0 Å². The number of nitrogen functional groups attached to an aromatic ring is 2. The summed E-state index contributed by atoms with van der Waals surface area (Å²) in [4.78, 5) is 9.88. The summed E-state index contributed by atoms with van der Waals surface area (Å²) in [7, 11) is 0. The molecular weight excluding hydrogens is 299 g/mol. The van der Waals surface area contributed by atoms with E-state index in [-0.39, 0.29) is 0 Å². The molecule has 0 aliphatic heterocycles. The third-order valence-electron chi connectivity index (χ3n) is 2.19. The molecule has 0 radical (unpaired) electrons. The van der Waals surface area contributed by atoms with Crippen molar-refractivity contribution in [2.75, 3.05) is 11.5 Å². The van der Waals surface area contributed by atoms with Crippen LogP contribution < -0.4 is 11.5 Å². The summed E-state index contributed by atoms with van der Waals surface area (Å²) in [6, 6.07) is 0. The maximum atomic E-state index is 13.0. The van der Waals surface area contributed by atoms with Gasteiger partial charge in [0.2, 0.25) is 11.9 Å². The van der Waals surface area contributed by atoms with Crippen molar-refractivity contribution >= 4 is 11.9 Å². The van der Waals surface area contributed by atoms with Gasteiger partial charge < -0.3 is 11.5 Å². The average molecular weight is 307 g/mol. The molecule has 20 heavy (non-hydrogen) atoms. The number of rotatable bonds is 4. The molecule has 0 aliphatic carbocycles. The number of nitrogens with two attached hydrogens (primary N) is 2. The minimum atomic E-state index is -6.37. The largest absolute Gasteiger partial charge is 0.459 e. The van der Waals surface area contributed by atoms with E-state index in [1.54, 1.807) is 0 Å². The molecule has 0 saturated heterocycles. The van der Waals surface area contributed by atoms with Crippen LogP contribution in [0.2, 0.25) is 0 Å². The van der Waals surface area contributed by atoms with Crippen molar-refractivity contribution in [2.24, 2.45) is 0 Å². The lowest BCUT2D eigenvalue weighted by molar-refractivity contribution is -0.355. The topological polar surface area (TPSA) is 90.7 Å². The first kappa shape index (κ1) is 16.2. The average Bonchev–Trinajstić information content (AvgIpc) is 2.23. The van der Waals surface area contributed by atoms with Gasteiger partial charge in [-0.25, -0.2) is 0 Å². The molecule has 0 amide bonds. The Hall–Kier alpha value is -1.88. The van der Waals surface area contributed by atoms with Gasteiger partial charge in [0.15, 0.2) is 0 Å². The number of aromatic nitrogens is 3. The van der Waals surface area contributed by atoms with Crippen LogP contribution in [0.25, 0.3) is 0 Å². The van der Waals surface area contributed by atoms with Crippen molar-refractivity contribution in [1.29, 1.82) is 0 Å². The number of alkyl halides is 7. The van der Waals surface area contributed by atoms with Crippen molar-refractivity contribution in [1.82, 2.24) is 15.0 Å². The molecule has 5 nitrogen and oxygen atoms in total. The van der Waals surface area contributed by atoms with Crippen LogP contribution in [0.4, 0.5) is 42.6 Å². The minimum absolute atomic E-state index is 0.460. The Morgan fingerprint density at radius 1 is 0.800 bits per heavy atom. The Morgan fingerprint density at radius 3 is 1.65 bits per heavy atom. The number of hydrogen-bond donors (Lipinski definition) is 2. The maximum Gasteiger partial charge on any atom is 0.459 e. The summed E-state index contributed by atoms with van der Waals surface area (Å²) in [5.74, 6) is -12.9. The fraction of sp³-hybridized carbons (Fsp3) is 0.625. The van der Waals surface area contributed by atoms with Gasteiger partial charge in [-0.3, -0.25) is 0 Å². The molecule has 0 aliphatic rings. The maximum absolute atomic E-state index is 13.0. The number of anilines is 2. The smallest absolute Gasteiger partial charge is 0.368 e. The molecule has 0 unspecified atom stereocenters. The molecule has 1 aromatic heterocycles. The standard InChI is InChI=1S/C8H8F7N5/c9-6(10,7(11,12)8(13,14)15)2-1-3-18-4(16)20-5(17)19-3/h1-2H2,(H4,16,17,18,19,20). The van der Waals surface area contributed by atoms with E-state index in [9.17, 15) is 30.7 Å². The fourth-order valence-electron chi connectivity index (χ4n) is 1.20. The van der Waals surface area contributed by atoms with Gasteiger partial charge in [-0.1, -0.05) is 0 Å². The SMILES string of the molecule is Nc1nc(N)nc(CCC(F)(F)C(F)(F)C(F)(F)F)n1. The highest BCUT2D eigenvalue weighted by Gasteiger charge is 2.72. The fourth-order valence-corrected chi connectivity index (χ4v) is 1.20. The van der Waals surface area contributed by atoms with E-state index < -0.39 is 48.6 Å². The molecule has 1 aromatic rings. The van der Waals surface area contributed by atoms with Gasteiger partial charge >= 0.3 is 18.0 Å². The summed E-state index contributed by atoms with van der Waals surface area (Å²) in [6.07, 6.45) is -9.17. The third kappa shape index (κ3) is 3.17. The van der Waals surface area contributed by atoms with Crippen LogP contribution in [0, 0.1) is 0 Å². The van der Waals surface area contributed by atoms with Crippen molar-refractivity contribution in [3.8, 4) is 0 Å². The van der Waals surface area contributed by atoms with Crippen LogP contribution in [0.5, 0.6) is 0 Å². The minimum Gasteiger partial charge on any atom is -0.368 e. The normalized spacial score (nSPS) is 13.6. The molecule has 0 atom stereocenters. The van der Waals surface area contributed by atoms with Gasteiger partial charge in [0.1, 0.15) is 5.82 Å². The summed E-state index contributed by atoms with van der Waals surface area (Å²) >= 11 is 0. The second-order valence-electron chi connectivity index (χ2n) is 3.74. The first-order chi connectivity index (χ1) is 8.87. The van der Waals surface area contributed by atoms with E-state index in [1.165, 1.54) is 0 Å². The van der Waals surface area contributed by atoms with Crippen molar-refractivity contribution in [3.05, 3.63) is 5.82 Å². The van der Waals surface area contributed by atoms with Gasteiger partial charge in [0.25, 0.3) is 0 Å². The van der Waals surface area contributed by atoms with Crippen molar-refractivity contribution < 1.29 is 30.7 Å². The highest BCUT2D eigenvalue weighted by molar-refractivity contribution is 5.25. The van der Waals surface area contributed by atoms with Gasteiger partial charge in [-0.2, -0.15) is 45.7 Å². The van der Waals surface area contributed by atoms with E-state index in [4.69, 9.17) is 11.5 Å². The van der Waals surface area contributed by atoms with Crippen LogP contribution in [-0.4, -0.2) is 33.0 Å². The van der Waals surface area contributed by atoms with Gasteiger partial charge in [0.05, 0.1) is 0 Å². The number of hydrogen-bond acceptors (Lipinski definition) is 5. The Morgan fingerprint density at radius 2 is 1.25 bits per heavy atom. The number of aryl methyl sites for hydroxylation is 1. The lowest BCUT2D eigenvalue weighted by Gasteiger charge is -2.27. The van der Waals surface area contributed by atoms with E-state index in [1.807, 2.05) is 0 Å². The van der Waals surface area contributed by atoms with Gasteiger partial charge in [0, 0.05) is 12.8 Å². The van der Waals surface area contributed by atoms with Crippen molar-refractivity contribution in [3.63, 3.8) is 0 Å². The van der Waals surface area contributed by atoms with Crippen LogP contribution >= 0.6 is 0 Å². The Balaban J connectivity index is 2.87. The molecule has 0 fully saturated rings. The monoisotopic (exact) mass is 307 g/mol. The molecule has 1 heterocycles. The van der Waals surface area contributed by atoms with Crippen molar-refractivity contribution in [2.45, 2.75) is 30.9 Å². The molecule has 12 heteroatoms. The molecule has 0 aromatic carbocycles. The number of nitrogens with zero attached hydrogens (tertiary/aromatic N) is 3. The lowest BCUT2D eigenvalue weighted by atomic mass is 10.1. The Kier molecular flexibility index (Phi) is 3.97. The highest BCUT2D eigenvalue weighted by atomic mass is 19.4. The van der Waals surface area contributed by atoms with E-state index in [2.05, 4.69) is 15.0 Å². The van der Waals surface area contributed by atoms with E-state index >= 15 is 0 Å². The second kappa shape index (κ2) is 4.90. The molecule has 0 saturated carbocycles. The van der Waals surface area contributed by atoms with Crippen LogP contribution in [0.15, 0.2) is 0 Å².